The minimum Gasteiger partial charge on any atom is -0.378 e. The summed E-state index contributed by atoms with van der Waals surface area (Å²) >= 11 is 0. The average Bonchev–Trinajstić information content (AvgIpc) is 2.50. The Morgan fingerprint density at radius 1 is 1.25 bits per heavy atom. The van der Waals surface area contributed by atoms with Gasteiger partial charge in [0.1, 0.15) is 0 Å². The molecule has 20 heavy (non-hydrogen) atoms. The third-order valence-electron chi connectivity index (χ3n) is 3.87. The topological polar surface area (TPSA) is 41.6 Å². The molecule has 1 aromatic rings. The number of hydrogen-bond donors (Lipinski definition) is 1. The van der Waals surface area contributed by atoms with Crippen LogP contribution in [0.4, 0.5) is 11.4 Å². The average molecular weight is 276 g/mol. The van der Waals surface area contributed by atoms with Gasteiger partial charge in [-0.25, -0.2) is 0 Å². The molecule has 0 radical (unpaired) electrons. The highest BCUT2D eigenvalue weighted by Gasteiger charge is 2.18. The first-order chi connectivity index (χ1) is 9.76. The van der Waals surface area contributed by atoms with Crippen LogP contribution in [0.25, 0.3) is 0 Å². The predicted octanol–water partition coefficient (Wildman–Crippen LogP) is 2.90. The Bertz CT molecular complexity index is 438. The number of nitrogens with zero attached hydrogens (tertiary/aromatic N) is 1. The molecule has 1 aromatic carbocycles. The highest BCUT2D eigenvalue weighted by Crippen LogP contribution is 2.27. The molecule has 1 aliphatic heterocycles. The highest BCUT2D eigenvalue weighted by molar-refractivity contribution is 5.95. The summed E-state index contributed by atoms with van der Waals surface area (Å²) in [6.07, 6.45) is 1.75. The molecule has 4 heteroatoms. The van der Waals surface area contributed by atoms with Crippen molar-refractivity contribution in [3.63, 3.8) is 0 Å². The van der Waals surface area contributed by atoms with Gasteiger partial charge >= 0.3 is 0 Å². The number of carbonyl (C=O) groups excluding carboxylic acids is 1. The molecule has 0 spiro atoms. The number of amides is 1. The molecule has 2 rings (SSSR count). The van der Waals surface area contributed by atoms with Gasteiger partial charge in [0.15, 0.2) is 0 Å². The summed E-state index contributed by atoms with van der Waals surface area (Å²) < 4.78 is 5.39. The van der Waals surface area contributed by atoms with Crippen LogP contribution in [-0.2, 0) is 9.53 Å². The van der Waals surface area contributed by atoms with E-state index in [9.17, 15) is 4.79 Å². The number of carbonyl (C=O) groups is 1. The van der Waals surface area contributed by atoms with E-state index >= 15 is 0 Å². The standard InChI is InChI=1S/C16H24N2O2/c1-3-13(4-2)16(19)17-14-7-5-6-8-15(14)18-9-11-20-12-10-18/h5-8,13H,3-4,9-12H2,1-2H3,(H,17,19). The number of rotatable bonds is 5. The third kappa shape index (κ3) is 3.51. The van der Waals surface area contributed by atoms with Gasteiger partial charge in [-0.3, -0.25) is 4.79 Å². The van der Waals surface area contributed by atoms with Crippen LogP contribution in [-0.4, -0.2) is 32.2 Å². The molecule has 1 aliphatic rings. The van der Waals surface area contributed by atoms with Crippen molar-refractivity contribution in [3.8, 4) is 0 Å². The summed E-state index contributed by atoms with van der Waals surface area (Å²) in [5.74, 6) is 0.212. The van der Waals surface area contributed by atoms with E-state index in [1.807, 2.05) is 18.2 Å². The molecule has 1 amide bonds. The summed E-state index contributed by atoms with van der Waals surface area (Å²) in [4.78, 5) is 14.5. The number of hydrogen-bond acceptors (Lipinski definition) is 3. The molecule has 1 fully saturated rings. The zero-order chi connectivity index (χ0) is 14.4. The highest BCUT2D eigenvalue weighted by atomic mass is 16.5. The number of benzene rings is 1. The van der Waals surface area contributed by atoms with Crippen LogP contribution >= 0.6 is 0 Å². The molecule has 0 unspecified atom stereocenters. The van der Waals surface area contributed by atoms with Crippen molar-refractivity contribution in [1.82, 2.24) is 0 Å². The van der Waals surface area contributed by atoms with E-state index in [1.165, 1.54) is 0 Å². The van der Waals surface area contributed by atoms with Crippen LogP contribution in [0.1, 0.15) is 26.7 Å². The maximum absolute atomic E-state index is 12.3. The van der Waals surface area contributed by atoms with E-state index < -0.39 is 0 Å². The lowest BCUT2D eigenvalue weighted by molar-refractivity contribution is -0.120. The second kappa shape index (κ2) is 7.29. The molecule has 0 atom stereocenters. The quantitative estimate of drug-likeness (QED) is 0.899. The largest absolute Gasteiger partial charge is 0.378 e. The first-order valence-corrected chi connectivity index (χ1v) is 7.48. The number of nitrogens with one attached hydrogen (secondary N) is 1. The maximum Gasteiger partial charge on any atom is 0.227 e. The molecule has 4 nitrogen and oxygen atoms in total. The van der Waals surface area contributed by atoms with Crippen molar-refractivity contribution in [2.45, 2.75) is 26.7 Å². The second-order valence-electron chi connectivity index (χ2n) is 5.12. The lowest BCUT2D eigenvalue weighted by Crippen LogP contribution is -2.37. The Hall–Kier alpha value is -1.55. The van der Waals surface area contributed by atoms with Crippen LogP contribution in [0.15, 0.2) is 24.3 Å². The van der Waals surface area contributed by atoms with Gasteiger partial charge in [0.05, 0.1) is 24.6 Å². The number of para-hydroxylation sites is 2. The predicted molar refractivity (Wildman–Crippen MR) is 82.2 cm³/mol. The molecular formula is C16H24N2O2. The Morgan fingerprint density at radius 2 is 1.90 bits per heavy atom. The van der Waals surface area contributed by atoms with Crippen molar-refractivity contribution in [2.24, 2.45) is 5.92 Å². The molecule has 0 bridgehead atoms. The zero-order valence-electron chi connectivity index (χ0n) is 12.4. The van der Waals surface area contributed by atoms with Gasteiger partial charge in [-0.05, 0) is 25.0 Å². The molecule has 1 N–H and O–H groups in total. The molecular weight excluding hydrogens is 252 g/mol. The van der Waals surface area contributed by atoms with Gasteiger partial charge in [0.25, 0.3) is 0 Å². The summed E-state index contributed by atoms with van der Waals surface area (Å²) in [6.45, 7) is 7.35. The lowest BCUT2D eigenvalue weighted by Gasteiger charge is -2.30. The van der Waals surface area contributed by atoms with Gasteiger partial charge in [0, 0.05) is 19.0 Å². The van der Waals surface area contributed by atoms with E-state index in [0.717, 1.165) is 50.5 Å². The number of morpholine rings is 1. The van der Waals surface area contributed by atoms with E-state index in [-0.39, 0.29) is 11.8 Å². The Morgan fingerprint density at radius 3 is 2.55 bits per heavy atom. The Balaban J connectivity index is 2.13. The molecule has 110 valence electrons. The van der Waals surface area contributed by atoms with Crippen molar-refractivity contribution in [2.75, 3.05) is 36.5 Å². The fourth-order valence-corrected chi connectivity index (χ4v) is 2.55. The van der Waals surface area contributed by atoms with E-state index in [4.69, 9.17) is 4.74 Å². The van der Waals surface area contributed by atoms with Gasteiger partial charge in [-0.15, -0.1) is 0 Å². The fourth-order valence-electron chi connectivity index (χ4n) is 2.55. The number of ether oxygens (including phenoxy) is 1. The Kier molecular flexibility index (Phi) is 5.41. The fraction of sp³-hybridized carbons (Fsp3) is 0.562. The maximum atomic E-state index is 12.3. The first-order valence-electron chi connectivity index (χ1n) is 7.48. The van der Waals surface area contributed by atoms with Crippen molar-refractivity contribution in [1.29, 1.82) is 0 Å². The second-order valence-corrected chi connectivity index (χ2v) is 5.12. The van der Waals surface area contributed by atoms with E-state index in [1.54, 1.807) is 0 Å². The van der Waals surface area contributed by atoms with Crippen molar-refractivity contribution in [3.05, 3.63) is 24.3 Å². The van der Waals surface area contributed by atoms with Crippen LogP contribution in [0.2, 0.25) is 0 Å². The smallest absolute Gasteiger partial charge is 0.227 e. The third-order valence-corrected chi connectivity index (χ3v) is 3.87. The monoisotopic (exact) mass is 276 g/mol. The minimum absolute atomic E-state index is 0.0905. The van der Waals surface area contributed by atoms with Gasteiger partial charge in [-0.1, -0.05) is 26.0 Å². The van der Waals surface area contributed by atoms with Crippen LogP contribution in [0, 0.1) is 5.92 Å². The minimum atomic E-state index is 0.0905. The first kappa shape index (κ1) is 14.9. The summed E-state index contributed by atoms with van der Waals surface area (Å²) in [5.41, 5.74) is 2.00. The van der Waals surface area contributed by atoms with E-state index in [0.29, 0.717) is 0 Å². The molecule has 1 saturated heterocycles. The summed E-state index contributed by atoms with van der Waals surface area (Å²) in [5, 5.41) is 3.09. The normalized spacial score (nSPS) is 15.4. The van der Waals surface area contributed by atoms with Crippen LogP contribution in [0.5, 0.6) is 0 Å². The Labute approximate surface area is 121 Å². The van der Waals surface area contributed by atoms with E-state index in [2.05, 4.69) is 30.1 Å². The van der Waals surface area contributed by atoms with Gasteiger partial charge in [0.2, 0.25) is 5.91 Å². The molecule has 0 saturated carbocycles. The van der Waals surface area contributed by atoms with Crippen molar-refractivity contribution >= 4 is 17.3 Å². The molecule has 0 aromatic heterocycles. The zero-order valence-corrected chi connectivity index (χ0v) is 12.4. The van der Waals surface area contributed by atoms with Crippen LogP contribution < -0.4 is 10.2 Å². The number of anilines is 2. The van der Waals surface area contributed by atoms with Gasteiger partial charge in [-0.2, -0.15) is 0 Å². The SMILES string of the molecule is CCC(CC)C(=O)Nc1ccccc1N1CCOCC1. The summed E-state index contributed by atoms with van der Waals surface area (Å²) in [7, 11) is 0. The van der Waals surface area contributed by atoms with Crippen molar-refractivity contribution < 1.29 is 9.53 Å². The molecule has 0 aliphatic carbocycles. The molecule has 1 heterocycles. The lowest BCUT2D eigenvalue weighted by atomic mass is 10.0. The van der Waals surface area contributed by atoms with Crippen LogP contribution in [0.3, 0.4) is 0 Å². The summed E-state index contributed by atoms with van der Waals surface area (Å²) in [6, 6.07) is 8.02. The van der Waals surface area contributed by atoms with Gasteiger partial charge < -0.3 is 15.0 Å².